The van der Waals surface area contributed by atoms with Crippen molar-refractivity contribution in [2.45, 2.75) is 38.5 Å². The first kappa shape index (κ1) is 25.1. The molecule has 1 aromatic carbocycles. The summed E-state index contributed by atoms with van der Waals surface area (Å²) in [5.74, 6) is -0.745. The number of alkyl halides is 3. The molecule has 1 unspecified atom stereocenters. The van der Waals surface area contributed by atoms with Crippen molar-refractivity contribution < 1.29 is 41.0 Å². The fourth-order valence-corrected chi connectivity index (χ4v) is 4.38. The van der Waals surface area contributed by atoms with E-state index in [9.17, 15) is 27.0 Å². The van der Waals surface area contributed by atoms with Gasteiger partial charge in [-0.15, -0.1) is 13.2 Å². The SMILES string of the molecule is O=C(OCCC1CCCC1)N1CCN(C(=O)c2ccc(NS(=O)O)c(OC(F)(F)F)c2)CC1. The zero-order chi connectivity index (χ0) is 24.0. The standard InChI is InChI=1S/C20H26F3N3O6S/c21-20(22,23)32-17-13-15(5-6-16(17)24-33(29)30)18(27)25-8-10-26(11-9-25)19(28)31-12-7-14-3-1-2-4-14/h5-6,13-14,24H,1-4,7-12H2,(H,29,30). The molecule has 1 saturated carbocycles. The van der Waals surface area contributed by atoms with Crippen LogP contribution in [0.1, 0.15) is 42.5 Å². The van der Waals surface area contributed by atoms with Crippen LogP contribution in [0.4, 0.5) is 23.7 Å². The number of nitrogens with one attached hydrogen (secondary N) is 1. The predicted octanol–water partition coefficient (Wildman–Crippen LogP) is 3.61. The molecule has 2 N–H and O–H groups in total. The van der Waals surface area contributed by atoms with Gasteiger partial charge in [-0.05, 0) is 30.5 Å². The van der Waals surface area contributed by atoms with E-state index in [2.05, 4.69) is 4.74 Å². The monoisotopic (exact) mass is 493 g/mol. The molecule has 1 aliphatic heterocycles. The lowest BCUT2D eigenvalue weighted by Gasteiger charge is -2.34. The fourth-order valence-electron chi connectivity index (χ4n) is 4.02. The summed E-state index contributed by atoms with van der Waals surface area (Å²) in [6, 6.07) is 3.14. The lowest BCUT2D eigenvalue weighted by atomic mass is 10.1. The first-order valence-corrected chi connectivity index (χ1v) is 11.7. The van der Waals surface area contributed by atoms with Gasteiger partial charge in [0.2, 0.25) is 0 Å². The van der Waals surface area contributed by atoms with Crippen molar-refractivity contribution >= 4 is 29.0 Å². The highest BCUT2D eigenvalue weighted by Gasteiger charge is 2.33. The Bertz CT molecular complexity index is 871. The highest BCUT2D eigenvalue weighted by Crippen LogP contribution is 2.32. The van der Waals surface area contributed by atoms with Crippen molar-refractivity contribution in [1.82, 2.24) is 9.80 Å². The Kier molecular flexibility index (Phi) is 8.40. The third kappa shape index (κ3) is 7.49. The Morgan fingerprint density at radius 3 is 2.36 bits per heavy atom. The van der Waals surface area contributed by atoms with Gasteiger partial charge in [0.1, 0.15) is 0 Å². The second kappa shape index (κ2) is 11.1. The molecule has 13 heteroatoms. The molecule has 1 aromatic rings. The number of rotatable bonds is 7. The molecule has 2 aliphatic rings. The molecule has 3 rings (SSSR count). The largest absolute Gasteiger partial charge is 0.573 e. The molecular formula is C20H26F3N3O6S. The van der Waals surface area contributed by atoms with Gasteiger partial charge in [0.05, 0.1) is 12.3 Å². The van der Waals surface area contributed by atoms with E-state index in [0.29, 0.717) is 12.5 Å². The van der Waals surface area contributed by atoms with Crippen molar-refractivity contribution in [3.63, 3.8) is 0 Å². The van der Waals surface area contributed by atoms with Crippen LogP contribution in [0.25, 0.3) is 0 Å². The van der Waals surface area contributed by atoms with Gasteiger partial charge in [-0.1, -0.05) is 25.7 Å². The van der Waals surface area contributed by atoms with E-state index in [0.717, 1.165) is 18.6 Å². The van der Waals surface area contributed by atoms with Crippen molar-refractivity contribution in [2.75, 3.05) is 37.5 Å². The number of anilines is 1. The second-order valence-corrected chi connectivity index (χ2v) is 8.65. The molecule has 0 bridgehead atoms. The number of halogens is 3. The van der Waals surface area contributed by atoms with Crippen LogP contribution in [0, 0.1) is 5.92 Å². The second-order valence-electron chi connectivity index (χ2n) is 7.94. The molecule has 9 nitrogen and oxygen atoms in total. The van der Waals surface area contributed by atoms with Crippen molar-refractivity contribution in [1.29, 1.82) is 0 Å². The summed E-state index contributed by atoms with van der Waals surface area (Å²) in [5, 5.41) is 0. The molecular weight excluding hydrogens is 467 g/mol. The smallest absolute Gasteiger partial charge is 0.449 e. The van der Waals surface area contributed by atoms with Gasteiger partial charge >= 0.3 is 12.5 Å². The van der Waals surface area contributed by atoms with Gasteiger partial charge in [0.15, 0.2) is 5.75 Å². The van der Waals surface area contributed by atoms with E-state index in [-0.39, 0.29) is 31.7 Å². The lowest BCUT2D eigenvalue weighted by Crippen LogP contribution is -2.50. The topological polar surface area (TPSA) is 108 Å². The highest BCUT2D eigenvalue weighted by molar-refractivity contribution is 7.80. The van der Waals surface area contributed by atoms with Crippen LogP contribution in [0.2, 0.25) is 0 Å². The fraction of sp³-hybridized carbons (Fsp3) is 0.600. The number of hydrogen-bond donors (Lipinski definition) is 2. The molecule has 184 valence electrons. The average Bonchev–Trinajstić information content (AvgIpc) is 3.27. The van der Waals surface area contributed by atoms with E-state index < -0.39 is 41.1 Å². The van der Waals surface area contributed by atoms with E-state index in [1.165, 1.54) is 41.5 Å². The molecule has 0 aromatic heterocycles. The van der Waals surface area contributed by atoms with Crippen LogP contribution in [-0.2, 0) is 16.0 Å². The maximum Gasteiger partial charge on any atom is 0.573 e. The number of amides is 2. The molecule has 0 spiro atoms. The molecule has 1 aliphatic carbocycles. The van der Waals surface area contributed by atoms with Gasteiger partial charge in [-0.2, -0.15) is 0 Å². The summed E-state index contributed by atoms with van der Waals surface area (Å²) in [5.41, 5.74) is -0.481. The van der Waals surface area contributed by atoms with Crippen LogP contribution in [0.5, 0.6) is 5.75 Å². The molecule has 1 saturated heterocycles. The van der Waals surface area contributed by atoms with Crippen molar-refractivity contribution in [2.24, 2.45) is 5.92 Å². The van der Waals surface area contributed by atoms with Gasteiger partial charge in [0, 0.05) is 31.7 Å². The minimum Gasteiger partial charge on any atom is -0.449 e. The Balaban J connectivity index is 1.55. The Morgan fingerprint density at radius 1 is 1.12 bits per heavy atom. The zero-order valence-corrected chi connectivity index (χ0v) is 18.6. The Hall–Kier alpha value is -2.54. The highest BCUT2D eigenvalue weighted by atomic mass is 32.2. The summed E-state index contributed by atoms with van der Waals surface area (Å²) in [6.45, 7) is 1.22. The normalized spacial score (nSPS) is 18.2. The van der Waals surface area contributed by atoms with Crippen LogP contribution < -0.4 is 9.46 Å². The maximum atomic E-state index is 12.8. The minimum atomic E-state index is -5.06. The number of benzene rings is 1. The zero-order valence-electron chi connectivity index (χ0n) is 17.8. The first-order chi connectivity index (χ1) is 15.6. The summed E-state index contributed by atoms with van der Waals surface area (Å²) >= 11 is -2.63. The first-order valence-electron chi connectivity index (χ1n) is 10.6. The van der Waals surface area contributed by atoms with Crippen molar-refractivity contribution in [3.8, 4) is 5.75 Å². The number of ether oxygens (including phenoxy) is 2. The Morgan fingerprint density at radius 2 is 1.76 bits per heavy atom. The van der Waals surface area contributed by atoms with Gasteiger partial charge < -0.3 is 19.3 Å². The summed E-state index contributed by atoms with van der Waals surface area (Å²) in [7, 11) is 0. The molecule has 0 radical (unpaired) electrons. The van der Waals surface area contributed by atoms with E-state index in [1.54, 1.807) is 0 Å². The molecule has 2 fully saturated rings. The minimum absolute atomic E-state index is 0.0869. The average molecular weight is 494 g/mol. The third-order valence-electron chi connectivity index (χ3n) is 5.70. The summed E-state index contributed by atoms with van der Waals surface area (Å²) in [6.07, 6.45) is 0.136. The Labute approximate surface area is 191 Å². The molecule has 2 amide bonds. The third-order valence-corrected chi connectivity index (χ3v) is 6.10. The van der Waals surface area contributed by atoms with Crippen LogP contribution in [-0.4, -0.2) is 69.7 Å². The van der Waals surface area contributed by atoms with E-state index >= 15 is 0 Å². The number of nitrogens with zero attached hydrogens (tertiary/aromatic N) is 2. The predicted molar refractivity (Wildman–Crippen MR) is 113 cm³/mol. The number of carbonyl (C=O) groups excluding carboxylic acids is 2. The van der Waals surface area contributed by atoms with Crippen LogP contribution in [0.3, 0.4) is 0 Å². The maximum absolute atomic E-state index is 12.8. The van der Waals surface area contributed by atoms with Crippen molar-refractivity contribution in [3.05, 3.63) is 23.8 Å². The molecule has 1 heterocycles. The van der Waals surface area contributed by atoms with E-state index in [4.69, 9.17) is 9.29 Å². The number of piperazine rings is 1. The van der Waals surface area contributed by atoms with Crippen LogP contribution in [0.15, 0.2) is 18.2 Å². The lowest BCUT2D eigenvalue weighted by molar-refractivity contribution is -0.274. The summed E-state index contributed by atoms with van der Waals surface area (Å²) < 4.78 is 69.1. The summed E-state index contributed by atoms with van der Waals surface area (Å²) in [4.78, 5) is 27.9. The number of carbonyl (C=O) groups is 2. The number of hydrogen-bond acceptors (Lipinski definition) is 5. The van der Waals surface area contributed by atoms with Gasteiger partial charge in [-0.3, -0.25) is 14.1 Å². The van der Waals surface area contributed by atoms with Gasteiger partial charge in [0.25, 0.3) is 17.2 Å². The molecule has 1 atom stereocenters. The quantitative estimate of drug-likeness (QED) is 0.562. The van der Waals surface area contributed by atoms with E-state index in [1.807, 2.05) is 4.72 Å². The van der Waals surface area contributed by atoms with Gasteiger partial charge in [-0.25, -0.2) is 9.00 Å². The van der Waals surface area contributed by atoms with Crippen LogP contribution >= 0.6 is 0 Å². The molecule has 33 heavy (non-hydrogen) atoms.